The molecule has 0 saturated heterocycles. The maximum Gasteiger partial charge on any atom is 0.271 e. The Morgan fingerprint density at radius 2 is 2.00 bits per heavy atom. The molecule has 2 aromatic carbocycles. The van der Waals surface area contributed by atoms with Gasteiger partial charge in [0.05, 0.1) is 6.21 Å². The Balaban J connectivity index is 2.01. The fourth-order valence-electron chi connectivity index (χ4n) is 1.45. The van der Waals surface area contributed by atoms with Crippen LogP contribution in [0.4, 0.5) is 4.39 Å². The van der Waals surface area contributed by atoms with Gasteiger partial charge in [0.25, 0.3) is 5.91 Å². The van der Waals surface area contributed by atoms with E-state index in [4.69, 9.17) is 0 Å². The number of rotatable bonds is 3. The maximum absolute atomic E-state index is 12.9. The van der Waals surface area contributed by atoms with Crippen molar-refractivity contribution in [2.75, 3.05) is 0 Å². The van der Waals surface area contributed by atoms with Crippen LogP contribution in [-0.2, 0) is 0 Å². The number of benzene rings is 2. The van der Waals surface area contributed by atoms with Gasteiger partial charge >= 0.3 is 0 Å². The lowest BCUT2D eigenvalue weighted by Gasteiger charge is -2.00. The lowest BCUT2D eigenvalue weighted by molar-refractivity contribution is 0.0955. The van der Waals surface area contributed by atoms with Gasteiger partial charge in [0.15, 0.2) is 0 Å². The Labute approximate surface area is 118 Å². The molecule has 1 N–H and O–H groups in total. The van der Waals surface area contributed by atoms with Crippen LogP contribution in [0.15, 0.2) is 58.1 Å². The van der Waals surface area contributed by atoms with Crippen molar-refractivity contribution in [3.05, 3.63) is 69.9 Å². The second-order valence-corrected chi connectivity index (χ2v) is 4.68. The van der Waals surface area contributed by atoms with Crippen LogP contribution in [0.1, 0.15) is 15.9 Å². The number of hydrogen-bond acceptors (Lipinski definition) is 2. The average molecular weight is 321 g/mol. The van der Waals surface area contributed by atoms with Gasteiger partial charge in [-0.05, 0) is 35.9 Å². The number of carbonyl (C=O) groups excluding carboxylic acids is 1. The fourth-order valence-corrected chi connectivity index (χ4v) is 1.85. The van der Waals surface area contributed by atoms with Gasteiger partial charge in [-0.25, -0.2) is 9.82 Å². The summed E-state index contributed by atoms with van der Waals surface area (Å²) in [5.41, 5.74) is 3.45. The maximum atomic E-state index is 12.9. The van der Waals surface area contributed by atoms with Crippen molar-refractivity contribution in [3.8, 4) is 0 Å². The molecule has 0 aromatic heterocycles. The molecule has 3 nitrogen and oxygen atoms in total. The van der Waals surface area contributed by atoms with Gasteiger partial charge in [-0.3, -0.25) is 4.79 Å². The molecule has 0 bridgehead atoms. The van der Waals surface area contributed by atoms with Crippen LogP contribution in [0.5, 0.6) is 0 Å². The summed E-state index contributed by atoms with van der Waals surface area (Å²) in [4.78, 5) is 11.7. The van der Waals surface area contributed by atoms with Crippen molar-refractivity contribution >= 4 is 28.1 Å². The third-order valence-electron chi connectivity index (χ3n) is 2.32. The number of nitrogens with zero attached hydrogens (tertiary/aromatic N) is 1. The van der Waals surface area contributed by atoms with Crippen LogP contribution in [0, 0.1) is 5.82 Å². The van der Waals surface area contributed by atoms with E-state index in [1.807, 2.05) is 6.07 Å². The molecule has 2 aromatic rings. The summed E-state index contributed by atoms with van der Waals surface area (Å²) < 4.78 is 13.7. The highest BCUT2D eigenvalue weighted by Gasteiger charge is 2.03. The van der Waals surface area contributed by atoms with E-state index in [0.29, 0.717) is 11.1 Å². The topological polar surface area (TPSA) is 41.5 Å². The lowest BCUT2D eigenvalue weighted by atomic mass is 10.2. The third-order valence-corrected chi connectivity index (χ3v) is 2.81. The number of halogens is 2. The predicted molar refractivity (Wildman–Crippen MR) is 75.6 cm³/mol. The molecule has 1 amide bonds. The first-order valence-electron chi connectivity index (χ1n) is 5.50. The summed E-state index contributed by atoms with van der Waals surface area (Å²) in [7, 11) is 0. The molecule has 0 radical (unpaired) electrons. The summed E-state index contributed by atoms with van der Waals surface area (Å²) in [6.07, 6.45) is 1.39. The van der Waals surface area contributed by atoms with Gasteiger partial charge in [-0.15, -0.1) is 0 Å². The van der Waals surface area contributed by atoms with Gasteiger partial charge in [0.1, 0.15) is 5.82 Å². The quantitative estimate of drug-likeness (QED) is 0.684. The standard InChI is InChI=1S/C14H10BrFN2O/c15-12-5-2-4-11(8-12)14(19)18-17-9-10-3-1-6-13(16)7-10/h1-9H,(H,18,19)/b17-9-. The molecule has 2 rings (SSSR count). The van der Waals surface area contributed by atoms with Crippen LogP contribution in [0.3, 0.4) is 0 Å². The molecule has 0 spiro atoms. The normalized spacial score (nSPS) is 10.6. The van der Waals surface area contributed by atoms with E-state index < -0.39 is 0 Å². The smallest absolute Gasteiger partial charge is 0.267 e. The number of nitrogens with one attached hydrogen (secondary N) is 1. The van der Waals surface area contributed by atoms with Crippen LogP contribution in [0.25, 0.3) is 0 Å². The van der Waals surface area contributed by atoms with Crippen LogP contribution in [0.2, 0.25) is 0 Å². The number of amides is 1. The number of hydrogen-bond donors (Lipinski definition) is 1. The Hall–Kier alpha value is -2.01. The molecule has 0 aliphatic heterocycles. The minimum absolute atomic E-state index is 0.325. The molecule has 0 unspecified atom stereocenters. The van der Waals surface area contributed by atoms with Crippen molar-refractivity contribution < 1.29 is 9.18 Å². The SMILES string of the molecule is O=C(N/N=C\c1cccc(F)c1)c1cccc(Br)c1. The first-order chi connectivity index (χ1) is 9.15. The van der Waals surface area contributed by atoms with Crippen molar-refractivity contribution in [1.82, 2.24) is 5.43 Å². The molecule has 96 valence electrons. The number of hydrazone groups is 1. The highest BCUT2D eigenvalue weighted by molar-refractivity contribution is 9.10. The van der Waals surface area contributed by atoms with Crippen molar-refractivity contribution in [2.24, 2.45) is 5.10 Å². The predicted octanol–water partition coefficient (Wildman–Crippen LogP) is 3.35. The molecule has 0 aliphatic rings. The summed E-state index contributed by atoms with van der Waals surface area (Å²) in [5, 5.41) is 3.78. The van der Waals surface area contributed by atoms with Gasteiger partial charge < -0.3 is 0 Å². The van der Waals surface area contributed by atoms with E-state index in [0.717, 1.165) is 4.47 Å². The Kier molecular flexibility index (Phi) is 4.41. The summed E-state index contributed by atoms with van der Waals surface area (Å²) in [5.74, 6) is -0.670. The molecule has 5 heteroatoms. The van der Waals surface area contributed by atoms with E-state index in [-0.39, 0.29) is 11.7 Å². The third kappa shape index (κ3) is 3.99. The molecule has 0 saturated carbocycles. The second kappa shape index (κ2) is 6.24. The van der Waals surface area contributed by atoms with Gasteiger partial charge in [0, 0.05) is 10.0 Å². The molecule has 0 fully saturated rings. The first kappa shape index (κ1) is 13.4. The summed E-state index contributed by atoms with van der Waals surface area (Å²) >= 11 is 3.28. The molecule has 0 heterocycles. The second-order valence-electron chi connectivity index (χ2n) is 3.76. The zero-order valence-corrected chi connectivity index (χ0v) is 11.4. The van der Waals surface area contributed by atoms with Gasteiger partial charge in [0.2, 0.25) is 0 Å². The molecule has 0 atom stereocenters. The van der Waals surface area contributed by atoms with Crippen molar-refractivity contribution in [2.45, 2.75) is 0 Å². The average Bonchev–Trinajstić information content (AvgIpc) is 2.38. The van der Waals surface area contributed by atoms with Gasteiger partial charge in [-0.1, -0.05) is 34.1 Å². The van der Waals surface area contributed by atoms with E-state index in [1.54, 1.807) is 30.3 Å². The molecule has 19 heavy (non-hydrogen) atoms. The highest BCUT2D eigenvalue weighted by atomic mass is 79.9. The van der Waals surface area contributed by atoms with Gasteiger partial charge in [-0.2, -0.15) is 5.10 Å². The minimum Gasteiger partial charge on any atom is -0.267 e. The lowest BCUT2D eigenvalue weighted by Crippen LogP contribution is -2.17. The molecular weight excluding hydrogens is 311 g/mol. The van der Waals surface area contributed by atoms with Crippen LogP contribution < -0.4 is 5.43 Å². The zero-order chi connectivity index (χ0) is 13.7. The van der Waals surface area contributed by atoms with E-state index in [9.17, 15) is 9.18 Å². The molecule has 0 aliphatic carbocycles. The summed E-state index contributed by atoms with van der Waals surface area (Å²) in [6, 6.07) is 12.9. The first-order valence-corrected chi connectivity index (χ1v) is 6.29. The fraction of sp³-hybridized carbons (Fsp3) is 0. The van der Waals surface area contributed by atoms with Crippen LogP contribution in [-0.4, -0.2) is 12.1 Å². The Bertz CT molecular complexity index is 628. The largest absolute Gasteiger partial charge is 0.271 e. The van der Waals surface area contributed by atoms with Crippen molar-refractivity contribution in [1.29, 1.82) is 0 Å². The van der Waals surface area contributed by atoms with E-state index >= 15 is 0 Å². The highest BCUT2D eigenvalue weighted by Crippen LogP contribution is 2.11. The Morgan fingerprint density at radius 3 is 2.74 bits per heavy atom. The summed E-state index contributed by atoms with van der Waals surface area (Å²) in [6.45, 7) is 0. The Morgan fingerprint density at radius 1 is 1.21 bits per heavy atom. The van der Waals surface area contributed by atoms with E-state index in [2.05, 4.69) is 26.5 Å². The molecular formula is C14H10BrFN2O. The van der Waals surface area contributed by atoms with E-state index in [1.165, 1.54) is 18.3 Å². The van der Waals surface area contributed by atoms with Crippen molar-refractivity contribution in [3.63, 3.8) is 0 Å². The monoisotopic (exact) mass is 320 g/mol. The minimum atomic E-state index is -0.345. The zero-order valence-electron chi connectivity index (χ0n) is 9.81. The number of carbonyl (C=O) groups is 1. The van der Waals surface area contributed by atoms with Crippen LogP contribution >= 0.6 is 15.9 Å².